The Labute approximate surface area is 130 Å². The zero-order chi connectivity index (χ0) is 16.4. The van der Waals surface area contributed by atoms with E-state index in [0.717, 1.165) is 4.90 Å². The minimum absolute atomic E-state index is 0.222. The number of alkyl halides is 3. The van der Waals surface area contributed by atoms with Crippen LogP contribution < -0.4 is 5.32 Å². The monoisotopic (exact) mass is 322 g/mol. The summed E-state index contributed by atoms with van der Waals surface area (Å²) in [5.41, 5.74) is 0.726. The summed E-state index contributed by atoms with van der Waals surface area (Å²) in [4.78, 5) is 13.1. The SMILES string of the molecule is O=C1c2ccccc2N[C@H](/C=C/c2ccco2)N1CC(F)(F)F. The molecule has 0 radical (unpaired) electrons. The van der Waals surface area contributed by atoms with Crippen molar-refractivity contribution in [3.63, 3.8) is 0 Å². The molecule has 1 atom stereocenters. The molecular formula is C16H13F3N2O2. The predicted octanol–water partition coefficient (Wildman–Crippen LogP) is 3.75. The van der Waals surface area contributed by atoms with Gasteiger partial charge in [0.1, 0.15) is 18.5 Å². The number of hydrogen-bond donors (Lipinski definition) is 1. The minimum atomic E-state index is -4.49. The molecule has 1 aromatic carbocycles. The van der Waals surface area contributed by atoms with Crippen LogP contribution in [-0.4, -0.2) is 29.7 Å². The molecule has 1 amide bonds. The van der Waals surface area contributed by atoms with Crippen molar-refractivity contribution in [2.24, 2.45) is 0 Å². The number of halogens is 3. The fraction of sp³-hybridized carbons (Fsp3) is 0.188. The Kier molecular flexibility index (Phi) is 3.85. The Hall–Kier alpha value is -2.70. The van der Waals surface area contributed by atoms with E-state index in [4.69, 9.17) is 4.42 Å². The van der Waals surface area contributed by atoms with Crippen LogP contribution >= 0.6 is 0 Å². The Morgan fingerprint density at radius 3 is 2.70 bits per heavy atom. The summed E-state index contributed by atoms with van der Waals surface area (Å²) in [6.45, 7) is -1.33. The number of anilines is 1. The first-order valence-electron chi connectivity index (χ1n) is 6.89. The summed E-state index contributed by atoms with van der Waals surface area (Å²) in [7, 11) is 0. The van der Waals surface area contributed by atoms with Gasteiger partial charge in [0.2, 0.25) is 0 Å². The van der Waals surface area contributed by atoms with Crippen molar-refractivity contribution in [3.05, 3.63) is 60.1 Å². The molecule has 0 bridgehead atoms. The molecule has 1 N–H and O–H groups in total. The van der Waals surface area contributed by atoms with E-state index in [-0.39, 0.29) is 5.56 Å². The Balaban J connectivity index is 1.92. The van der Waals surface area contributed by atoms with Gasteiger partial charge in [-0.25, -0.2) is 0 Å². The van der Waals surface area contributed by atoms with Crippen molar-refractivity contribution in [2.75, 3.05) is 11.9 Å². The maximum atomic E-state index is 12.8. The van der Waals surface area contributed by atoms with Crippen molar-refractivity contribution in [1.29, 1.82) is 0 Å². The van der Waals surface area contributed by atoms with Crippen LogP contribution in [0.15, 0.2) is 53.2 Å². The number of hydrogen-bond acceptors (Lipinski definition) is 3. The molecule has 1 aromatic heterocycles. The van der Waals surface area contributed by atoms with E-state index in [1.807, 2.05) is 0 Å². The highest BCUT2D eigenvalue weighted by Crippen LogP contribution is 2.28. The third-order valence-corrected chi connectivity index (χ3v) is 3.39. The number of rotatable bonds is 3. The average Bonchev–Trinajstić information content (AvgIpc) is 3.01. The molecule has 0 spiro atoms. The van der Waals surface area contributed by atoms with Crippen LogP contribution in [0.25, 0.3) is 6.08 Å². The number of para-hydroxylation sites is 1. The fourth-order valence-electron chi connectivity index (χ4n) is 2.40. The van der Waals surface area contributed by atoms with Gasteiger partial charge in [-0.05, 0) is 36.4 Å². The number of furan rings is 1. The number of carbonyl (C=O) groups is 1. The lowest BCUT2D eigenvalue weighted by Gasteiger charge is -2.36. The molecular weight excluding hydrogens is 309 g/mol. The van der Waals surface area contributed by atoms with E-state index >= 15 is 0 Å². The molecule has 120 valence electrons. The first-order chi connectivity index (χ1) is 10.9. The van der Waals surface area contributed by atoms with Gasteiger partial charge in [0.15, 0.2) is 0 Å². The highest BCUT2D eigenvalue weighted by Gasteiger charge is 2.39. The van der Waals surface area contributed by atoms with Crippen LogP contribution in [-0.2, 0) is 0 Å². The van der Waals surface area contributed by atoms with Crippen LogP contribution in [0.3, 0.4) is 0 Å². The molecule has 3 rings (SSSR count). The smallest absolute Gasteiger partial charge is 0.406 e. The third-order valence-electron chi connectivity index (χ3n) is 3.39. The Morgan fingerprint density at radius 2 is 2.00 bits per heavy atom. The summed E-state index contributed by atoms with van der Waals surface area (Å²) in [6.07, 6.45) is -0.938. The van der Waals surface area contributed by atoms with Crippen molar-refractivity contribution >= 4 is 17.7 Å². The summed E-state index contributed by atoms with van der Waals surface area (Å²) in [5, 5.41) is 2.94. The van der Waals surface area contributed by atoms with E-state index in [9.17, 15) is 18.0 Å². The van der Waals surface area contributed by atoms with E-state index in [1.165, 1.54) is 24.5 Å². The topological polar surface area (TPSA) is 45.5 Å². The minimum Gasteiger partial charge on any atom is -0.465 e. The van der Waals surface area contributed by atoms with Crippen LogP contribution in [0.4, 0.5) is 18.9 Å². The molecule has 7 heteroatoms. The second-order valence-corrected chi connectivity index (χ2v) is 5.06. The standard InChI is InChI=1S/C16H13F3N2O2/c17-16(18,19)10-21-14(8-7-11-4-3-9-23-11)20-13-6-2-1-5-12(13)15(21)22/h1-9,14,20H,10H2/b8-7+/t14-/m0/s1. The van der Waals surface area contributed by atoms with Crippen LogP contribution in [0.1, 0.15) is 16.1 Å². The molecule has 0 saturated carbocycles. The molecule has 0 aliphatic carbocycles. The molecule has 0 saturated heterocycles. The van der Waals surface area contributed by atoms with Gasteiger partial charge in [-0.1, -0.05) is 12.1 Å². The van der Waals surface area contributed by atoms with Crippen molar-refractivity contribution in [1.82, 2.24) is 4.90 Å². The fourth-order valence-corrected chi connectivity index (χ4v) is 2.40. The number of nitrogens with zero attached hydrogens (tertiary/aromatic N) is 1. The molecule has 2 heterocycles. The van der Waals surface area contributed by atoms with E-state index in [2.05, 4.69) is 5.32 Å². The van der Waals surface area contributed by atoms with Crippen molar-refractivity contribution in [2.45, 2.75) is 12.3 Å². The Morgan fingerprint density at radius 1 is 1.22 bits per heavy atom. The lowest BCUT2D eigenvalue weighted by atomic mass is 10.1. The third kappa shape index (κ3) is 3.39. The van der Waals surface area contributed by atoms with Gasteiger partial charge >= 0.3 is 6.18 Å². The predicted molar refractivity (Wildman–Crippen MR) is 78.7 cm³/mol. The van der Waals surface area contributed by atoms with Gasteiger partial charge in [-0.3, -0.25) is 4.79 Å². The normalized spacial score (nSPS) is 18.1. The largest absolute Gasteiger partial charge is 0.465 e. The summed E-state index contributed by atoms with van der Waals surface area (Å²) >= 11 is 0. The number of benzene rings is 1. The van der Waals surface area contributed by atoms with E-state index in [1.54, 1.807) is 30.3 Å². The molecule has 0 fully saturated rings. The molecule has 0 unspecified atom stereocenters. The Bertz CT molecular complexity index is 723. The van der Waals surface area contributed by atoms with Crippen LogP contribution in [0.5, 0.6) is 0 Å². The molecule has 1 aliphatic heterocycles. The maximum Gasteiger partial charge on any atom is 0.406 e. The summed E-state index contributed by atoms with van der Waals surface area (Å²) in [6, 6.07) is 9.83. The highest BCUT2D eigenvalue weighted by molar-refractivity contribution is 6.01. The number of fused-ring (bicyclic) bond motifs is 1. The summed E-state index contributed by atoms with van der Waals surface area (Å²) < 4.78 is 43.6. The number of carbonyl (C=O) groups excluding carboxylic acids is 1. The molecule has 1 aliphatic rings. The summed E-state index contributed by atoms with van der Waals surface area (Å²) in [5.74, 6) is -0.171. The second-order valence-electron chi connectivity index (χ2n) is 5.06. The van der Waals surface area contributed by atoms with Crippen LogP contribution in [0, 0.1) is 0 Å². The van der Waals surface area contributed by atoms with Crippen LogP contribution in [0.2, 0.25) is 0 Å². The van der Waals surface area contributed by atoms with Gasteiger partial charge in [0.05, 0.1) is 11.8 Å². The van der Waals surface area contributed by atoms with Gasteiger partial charge in [-0.2, -0.15) is 13.2 Å². The van der Waals surface area contributed by atoms with Gasteiger partial charge < -0.3 is 14.6 Å². The number of amides is 1. The van der Waals surface area contributed by atoms with Crippen molar-refractivity contribution < 1.29 is 22.4 Å². The first kappa shape index (κ1) is 15.2. The molecule has 4 nitrogen and oxygen atoms in total. The average molecular weight is 322 g/mol. The van der Waals surface area contributed by atoms with Gasteiger partial charge in [-0.15, -0.1) is 0 Å². The maximum absolute atomic E-state index is 12.8. The second kappa shape index (κ2) is 5.83. The van der Waals surface area contributed by atoms with E-state index in [0.29, 0.717) is 11.4 Å². The van der Waals surface area contributed by atoms with Crippen molar-refractivity contribution in [3.8, 4) is 0 Å². The van der Waals surface area contributed by atoms with Gasteiger partial charge in [0, 0.05) is 5.69 Å². The molecule has 23 heavy (non-hydrogen) atoms. The number of nitrogens with one attached hydrogen (secondary N) is 1. The lowest BCUT2D eigenvalue weighted by Crippen LogP contribution is -2.51. The van der Waals surface area contributed by atoms with Gasteiger partial charge in [0.25, 0.3) is 5.91 Å². The van der Waals surface area contributed by atoms with E-state index < -0.39 is 24.8 Å². The zero-order valence-corrected chi connectivity index (χ0v) is 11.9. The quantitative estimate of drug-likeness (QED) is 0.936. The molecule has 2 aromatic rings. The first-order valence-corrected chi connectivity index (χ1v) is 6.89. The highest BCUT2D eigenvalue weighted by atomic mass is 19.4. The zero-order valence-electron chi connectivity index (χ0n) is 11.9. The lowest BCUT2D eigenvalue weighted by molar-refractivity contribution is -0.142.